The van der Waals surface area contributed by atoms with Crippen molar-refractivity contribution in [3.8, 4) is 0 Å². The summed E-state index contributed by atoms with van der Waals surface area (Å²) < 4.78 is 0. The number of likely N-dealkylation sites (tertiary alicyclic amines) is 1. The second kappa shape index (κ2) is 6.17. The van der Waals surface area contributed by atoms with E-state index < -0.39 is 4.92 Å². The third kappa shape index (κ3) is 2.39. The lowest BCUT2D eigenvalue weighted by Crippen LogP contribution is -2.50. The minimum absolute atomic E-state index is 0.0420. The van der Waals surface area contributed by atoms with Crippen LogP contribution < -0.4 is 4.90 Å². The number of anilines is 1. The summed E-state index contributed by atoms with van der Waals surface area (Å²) >= 11 is 0. The second-order valence-electron chi connectivity index (χ2n) is 7.06. The summed E-state index contributed by atoms with van der Waals surface area (Å²) in [6.07, 6.45) is 3.60. The normalized spacial score (nSPS) is 24.7. The molecule has 134 valence electrons. The number of benzene rings is 2. The molecule has 4 rings (SSSR count). The predicted molar refractivity (Wildman–Crippen MR) is 96.8 cm³/mol. The van der Waals surface area contributed by atoms with E-state index in [1.807, 2.05) is 7.05 Å². The molecule has 0 spiro atoms. The van der Waals surface area contributed by atoms with E-state index in [0.717, 1.165) is 24.2 Å². The molecule has 1 saturated carbocycles. The highest BCUT2D eigenvalue weighted by Gasteiger charge is 2.48. The number of imide groups is 1. The highest BCUT2D eigenvalue weighted by atomic mass is 16.6. The van der Waals surface area contributed by atoms with Gasteiger partial charge in [-0.3, -0.25) is 29.5 Å². The van der Waals surface area contributed by atoms with E-state index in [0.29, 0.717) is 28.9 Å². The van der Waals surface area contributed by atoms with E-state index in [4.69, 9.17) is 0 Å². The molecule has 7 heteroatoms. The highest BCUT2D eigenvalue weighted by Crippen LogP contribution is 2.43. The van der Waals surface area contributed by atoms with E-state index >= 15 is 0 Å². The molecule has 1 heterocycles. The summed E-state index contributed by atoms with van der Waals surface area (Å²) in [5, 5.41) is 12.2. The maximum absolute atomic E-state index is 13.2. The fourth-order valence-electron chi connectivity index (χ4n) is 4.59. The van der Waals surface area contributed by atoms with Crippen LogP contribution in [-0.2, 0) is 9.59 Å². The van der Waals surface area contributed by atoms with E-state index in [2.05, 4.69) is 4.90 Å². The summed E-state index contributed by atoms with van der Waals surface area (Å²) in [6, 6.07) is 9.71. The van der Waals surface area contributed by atoms with Gasteiger partial charge in [-0.2, -0.15) is 0 Å². The number of likely N-dealkylation sites (N-methyl/N-ethyl adjacent to an activating group) is 1. The van der Waals surface area contributed by atoms with Crippen LogP contribution >= 0.6 is 0 Å². The van der Waals surface area contributed by atoms with Crippen molar-refractivity contribution in [2.75, 3.05) is 11.9 Å². The Labute approximate surface area is 150 Å². The molecular weight excluding hydrogens is 334 g/mol. The van der Waals surface area contributed by atoms with Crippen molar-refractivity contribution >= 4 is 34.5 Å². The van der Waals surface area contributed by atoms with Crippen molar-refractivity contribution in [1.82, 2.24) is 4.90 Å². The molecule has 2 bridgehead atoms. The zero-order valence-electron chi connectivity index (χ0n) is 14.4. The molecule has 3 atom stereocenters. The number of hydrogen-bond acceptors (Lipinski definition) is 5. The van der Waals surface area contributed by atoms with Gasteiger partial charge in [-0.1, -0.05) is 18.2 Å². The van der Waals surface area contributed by atoms with Crippen LogP contribution in [0.4, 0.5) is 11.4 Å². The van der Waals surface area contributed by atoms with E-state index in [-0.39, 0.29) is 23.6 Å². The average molecular weight is 353 g/mol. The standard InChI is InChI=1S/C19H19N3O4/c1-20-13-7-6-12(10-13)18(20)19(24)21(11-23)16-8-9-17(22(25)26)15-5-3-2-4-14(15)16/h2-5,8-9,11-13,18H,6-7,10H2,1H3/t12?,13?,18-/m1/s1. The number of nitro benzene ring substituents is 1. The highest BCUT2D eigenvalue weighted by molar-refractivity contribution is 6.15. The van der Waals surface area contributed by atoms with Gasteiger partial charge >= 0.3 is 0 Å². The van der Waals surface area contributed by atoms with Gasteiger partial charge in [0.25, 0.3) is 11.6 Å². The number of fused-ring (bicyclic) bond motifs is 3. The largest absolute Gasteiger partial charge is 0.292 e. The van der Waals surface area contributed by atoms with E-state index in [9.17, 15) is 19.7 Å². The Morgan fingerprint density at radius 1 is 1.23 bits per heavy atom. The molecule has 2 aliphatic rings. The Hall–Kier alpha value is -2.80. The SMILES string of the molecule is CN1C2CCC(C2)[C@@H]1C(=O)N(C=O)c1ccc([N+](=O)[O-])c2ccccc12. The smallest absolute Gasteiger partial charge is 0.277 e. The number of carbonyl (C=O) groups excluding carboxylic acids is 2. The topological polar surface area (TPSA) is 83.8 Å². The molecule has 2 aromatic carbocycles. The molecule has 2 amide bonds. The van der Waals surface area contributed by atoms with Crippen molar-refractivity contribution < 1.29 is 14.5 Å². The van der Waals surface area contributed by atoms with Crippen LogP contribution in [0.25, 0.3) is 10.8 Å². The number of rotatable bonds is 4. The first-order chi connectivity index (χ1) is 12.5. The number of nitrogens with zero attached hydrogens (tertiary/aromatic N) is 3. The first kappa shape index (κ1) is 16.7. The van der Waals surface area contributed by atoms with Crippen LogP contribution in [0.5, 0.6) is 0 Å². The molecule has 2 unspecified atom stereocenters. The van der Waals surface area contributed by atoms with Gasteiger partial charge in [-0.15, -0.1) is 0 Å². The Bertz CT molecular complexity index is 911. The molecule has 0 radical (unpaired) electrons. The zero-order chi connectivity index (χ0) is 18.4. The molecule has 1 saturated heterocycles. The number of non-ortho nitro benzene ring substituents is 1. The van der Waals surface area contributed by atoms with E-state index in [1.165, 1.54) is 12.1 Å². The quantitative estimate of drug-likeness (QED) is 0.479. The average Bonchev–Trinajstić information content (AvgIpc) is 3.23. The monoisotopic (exact) mass is 353 g/mol. The van der Waals surface area contributed by atoms with Crippen molar-refractivity contribution in [2.24, 2.45) is 5.92 Å². The zero-order valence-corrected chi connectivity index (χ0v) is 14.4. The number of piperidine rings is 1. The molecule has 1 aliphatic heterocycles. The Kier molecular flexibility index (Phi) is 3.96. The van der Waals surface area contributed by atoms with Crippen molar-refractivity contribution in [1.29, 1.82) is 0 Å². The Morgan fingerprint density at radius 2 is 1.96 bits per heavy atom. The summed E-state index contributed by atoms with van der Waals surface area (Å²) in [5.74, 6) is 0.0120. The lowest BCUT2D eigenvalue weighted by atomic mass is 9.97. The fraction of sp³-hybridized carbons (Fsp3) is 0.368. The molecule has 0 aromatic heterocycles. The van der Waals surface area contributed by atoms with Crippen LogP contribution in [0.15, 0.2) is 36.4 Å². The molecule has 0 N–H and O–H groups in total. The van der Waals surface area contributed by atoms with E-state index in [1.54, 1.807) is 24.3 Å². The lowest BCUT2D eigenvalue weighted by Gasteiger charge is -2.33. The minimum Gasteiger partial charge on any atom is -0.292 e. The second-order valence-corrected chi connectivity index (χ2v) is 7.06. The van der Waals surface area contributed by atoms with Gasteiger partial charge in [-0.25, -0.2) is 0 Å². The van der Waals surface area contributed by atoms with Crippen LogP contribution in [0.2, 0.25) is 0 Å². The van der Waals surface area contributed by atoms with Gasteiger partial charge in [0.2, 0.25) is 6.41 Å². The van der Waals surface area contributed by atoms with Crippen molar-refractivity contribution in [3.63, 3.8) is 0 Å². The summed E-state index contributed by atoms with van der Waals surface area (Å²) in [4.78, 5) is 39.0. The number of nitro groups is 1. The fourth-order valence-corrected chi connectivity index (χ4v) is 4.59. The van der Waals surface area contributed by atoms with Gasteiger partial charge in [-0.05, 0) is 44.4 Å². The maximum atomic E-state index is 13.2. The first-order valence-corrected chi connectivity index (χ1v) is 8.69. The number of carbonyl (C=O) groups is 2. The summed E-state index contributed by atoms with van der Waals surface area (Å²) in [6.45, 7) is 0. The third-order valence-electron chi connectivity index (χ3n) is 5.84. The van der Waals surface area contributed by atoms with Crippen LogP contribution in [-0.4, -0.2) is 41.3 Å². The maximum Gasteiger partial charge on any atom is 0.277 e. The van der Waals surface area contributed by atoms with Crippen LogP contribution in [0, 0.1) is 16.0 Å². The van der Waals surface area contributed by atoms with Gasteiger partial charge in [0.15, 0.2) is 0 Å². The molecule has 2 fully saturated rings. The third-order valence-corrected chi connectivity index (χ3v) is 5.84. The number of amides is 2. The Morgan fingerprint density at radius 3 is 2.58 bits per heavy atom. The molecular formula is C19H19N3O4. The van der Waals surface area contributed by atoms with Gasteiger partial charge in [0.05, 0.1) is 22.0 Å². The molecule has 7 nitrogen and oxygen atoms in total. The summed E-state index contributed by atoms with van der Waals surface area (Å²) in [5.41, 5.74) is 0.349. The van der Waals surface area contributed by atoms with Gasteiger partial charge in [0, 0.05) is 17.5 Å². The van der Waals surface area contributed by atoms with Gasteiger partial charge < -0.3 is 0 Å². The van der Waals surface area contributed by atoms with Crippen LogP contribution in [0.1, 0.15) is 19.3 Å². The molecule has 1 aliphatic carbocycles. The van der Waals surface area contributed by atoms with Crippen molar-refractivity contribution in [3.05, 3.63) is 46.5 Å². The Balaban J connectivity index is 1.78. The molecule has 2 aromatic rings. The van der Waals surface area contributed by atoms with Gasteiger partial charge in [0.1, 0.15) is 0 Å². The number of hydrogen-bond donors (Lipinski definition) is 0. The summed E-state index contributed by atoms with van der Waals surface area (Å²) in [7, 11) is 1.93. The first-order valence-electron chi connectivity index (χ1n) is 8.69. The lowest BCUT2D eigenvalue weighted by molar-refractivity contribution is -0.383. The predicted octanol–water partition coefficient (Wildman–Crippen LogP) is 2.72. The minimum atomic E-state index is -0.455. The van der Waals surface area contributed by atoms with Crippen LogP contribution in [0.3, 0.4) is 0 Å². The van der Waals surface area contributed by atoms with Crippen molar-refractivity contribution in [2.45, 2.75) is 31.3 Å². The molecule has 26 heavy (non-hydrogen) atoms.